The van der Waals surface area contributed by atoms with Crippen LogP contribution in [0, 0.1) is 0 Å². The number of hydrogen-bond donors (Lipinski definition) is 1. The van der Waals surface area contributed by atoms with Gasteiger partial charge in [-0.3, -0.25) is 0 Å². The van der Waals surface area contributed by atoms with E-state index in [0.29, 0.717) is 11.6 Å². The maximum absolute atomic E-state index is 12.3. The highest BCUT2D eigenvalue weighted by atomic mass is 32.2. The monoisotopic (exact) mass is 381 g/mol. The van der Waals surface area contributed by atoms with Gasteiger partial charge in [-0.05, 0) is 47.2 Å². The highest BCUT2D eigenvalue weighted by Crippen LogP contribution is 2.37. The summed E-state index contributed by atoms with van der Waals surface area (Å²) in [6.45, 7) is 0. The van der Waals surface area contributed by atoms with Crippen molar-refractivity contribution in [3.8, 4) is 22.8 Å². The molecule has 0 unspecified atom stereocenters. The molecule has 6 nitrogen and oxygen atoms in total. The summed E-state index contributed by atoms with van der Waals surface area (Å²) < 4.78 is 42.4. The summed E-state index contributed by atoms with van der Waals surface area (Å²) in [7, 11) is 0. The largest absolute Gasteiger partial charge is 0.446 e. The minimum Gasteiger partial charge on any atom is -0.436 e. The van der Waals surface area contributed by atoms with Gasteiger partial charge >= 0.3 is 11.7 Å². The number of hydrogen-bond acceptors (Lipinski definition) is 6. The van der Waals surface area contributed by atoms with Crippen LogP contribution in [0.15, 0.2) is 59.6 Å². The van der Waals surface area contributed by atoms with E-state index in [4.69, 9.17) is 14.3 Å². The fourth-order valence-electron chi connectivity index (χ4n) is 1.93. The summed E-state index contributed by atoms with van der Waals surface area (Å²) in [6, 6.07) is 13.4. The molecule has 0 atom stereocenters. The van der Waals surface area contributed by atoms with Gasteiger partial charge in [-0.15, -0.1) is 5.10 Å². The van der Waals surface area contributed by atoms with E-state index in [0.717, 1.165) is 11.1 Å². The molecule has 0 fully saturated rings. The molecule has 0 aliphatic carbocycles. The van der Waals surface area contributed by atoms with Gasteiger partial charge in [0.1, 0.15) is 11.9 Å². The lowest BCUT2D eigenvalue weighted by Crippen LogP contribution is -1.98. The molecule has 0 bridgehead atoms. The van der Waals surface area contributed by atoms with Crippen LogP contribution in [0.3, 0.4) is 0 Å². The number of rotatable bonds is 4. The van der Waals surface area contributed by atoms with E-state index in [9.17, 15) is 13.2 Å². The Kier molecular flexibility index (Phi) is 6.54. The summed E-state index contributed by atoms with van der Waals surface area (Å²) >= 11 is -0.127. The molecule has 1 aromatic heterocycles. The number of carbonyl (C=O) groups excluding carboxylic acids is 2. The van der Waals surface area contributed by atoms with Crippen molar-refractivity contribution in [1.82, 2.24) is 15.4 Å². The normalized spacial score (nSPS) is 10.4. The summed E-state index contributed by atoms with van der Waals surface area (Å²) in [5, 5.41) is 9.85. The van der Waals surface area contributed by atoms with E-state index < -0.39 is 5.51 Å². The van der Waals surface area contributed by atoms with Gasteiger partial charge in [-0.25, -0.2) is 0 Å². The minimum atomic E-state index is -4.28. The Morgan fingerprint density at radius 2 is 1.50 bits per heavy atom. The third kappa shape index (κ3) is 6.08. The van der Waals surface area contributed by atoms with Crippen LogP contribution in [-0.4, -0.2) is 27.1 Å². The first-order valence-electron chi connectivity index (χ1n) is 6.90. The second-order valence-electron chi connectivity index (χ2n) is 4.59. The molecule has 1 heterocycles. The van der Waals surface area contributed by atoms with E-state index in [1.165, 1.54) is 18.3 Å². The summed E-state index contributed by atoms with van der Waals surface area (Å²) in [5.74, 6) is 0.943. The maximum Gasteiger partial charge on any atom is 0.446 e. The number of aromatic amines is 1. The zero-order valence-electron chi connectivity index (χ0n) is 12.9. The standard InChI is InChI=1S/C15H10F3N3OS.CO2/c16-15(17,18)23-13-7-3-11(4-8-13)10-1-5-12(6-2-10)22-14-9-19-21-20-14;2-1-3/h1-9H,(H,19,20,21);. The van der Waals surface area contributed by atoms with Gasteiger partial charge < -0.3 is 4.74 Å². The van der Waals surface area contributed by atoms with Crippen LogP contribution in [0.4, 0.5) is 13.2 Å². The molecule has 3 rings (SSSR count). The fourth-order valence-corrected chi connectivity index (χ4v) is 2.46. The van der Waals surface area contributed by atoms with Gasteiger partial charge in [0.25, 0.3) is 5.88 Å². The van der Waals surface area contributed by atoms with Crippen molar-refractivity contribution in [2.24, 2.45) is 0 Å². The molecule has 0 amide bonds. The first kappa shape index (κ1) is 19.2. The predicted molar refractivity (Wildman–Crippen MR) is 85.3 cm³/mol. The van der Waals surface area contributed by atoms with Gasteiger partial charge in [0.2, 0.25) is 0 Å². The molecule has 2 aromatic carbocycles. The Morgan fingerprint density at radius 1 is 0.962 bits per heavy atom. The van der Waals surface area contributed by atoms with Crippen molar-refractivity contribution in [3.63, 3.8) is 0 Å². The quantitative estimate of drug-likeness (QED) is 0.679. The van der Waals surface area contributed by atoms with Crippen molar-refractivity contribution in [2.75, 3.05) is 0 Å². The molecular weight excluding hydrogens is 371 g/mol. The second kappa shape index (κ2) is 8.84. The number of nitrogens with one attached hydrogen (secondary N) is 1. The third-order valence-electron chi connectivity index (χ3n) is 2.89. The van der Waals surface area contributed by atoms with Crippen molar-refractivity contribution >= 4 is 17.9 Å². The Bertz CT molecular complexity index is 845. The van der Waals surface area contributed by atoms with Crippen LogP contribution in [0.5, 0.6) is 11.6 Å². The number of alkyl halides is 3. The summed E-state index contributed by atoms with van der Waals surface area (Å²) in [5.41, 5.74) is -2.58. The SMILES string of the molecule is FC(F)(F)Sc1ccc(-c2ccc(Oc3cn[nH]n3)cc2)cc1.O=C=O. The molecule has 0 radical (unpaired) electrons. The van der Waals surface area contributed by atoms with Crippen LogP contribution in [0.25, 0.3) is 11.1 Å². The molecule has 26 heavy (non-hydrogen) atoms. The average molecular weight is 381 g/mol. The van der Waals surface area contributed by atoms with Crippen LogP contribution in [0.1, 0.15) is 0 Å². The number of benzene rings is 2. The Hall–Kier alpha value is -3.10. The number of halogens is 3. The van der Waals surface area contributed by atoms with Crippen LogP contribution in [0.2, 0.25) is 0 Å². The summed E-state index contributed by atoms with van der Waals surface area (Å²) in [4.78, 5) is 16.4. The maximum atomic E-state index is 12.3. The molecule has 0 saturated carbocycles. The molecule has 0 aliphatic heterocycles. The van der Waals surface area contributed by atoms with E-state index in [1.807, 2.05) is 12.1 Å². The zero-order valence-corrected chi connectivity index (χ0v) is 13.7. The van der Waals surface area contributed by atoms with Gasteiger partial charge in [0, 0.05) is 4.90 Å². The van der Waals surface area contributed by atoms with Gasteiger partial charge in [-0.2, -0.15) is 33.1 Å². The number of thioether (sulfide) groups is 1. The lowest BCUT2D eigenvalue weighted by molar-refractivity contribution is -0.191. The Labute approximate surface area is 149 Å². The van der Waals surface area contributed by atoms with E-state index >= 15 is 0 Å². The smallest absolute Gasteiger partial charge is 0.436 e. The van der Waals surface area contributed by atoms with Gasteiger partial charge in [-0.1, -0.05) is 24.3 Å². The molecular formula is C16H10F3N3O3S. The van der Waals surface area contributed by atoms with Crippen LogP contribution < -0.4 is 4.74 Å². The Morgan fingerprint density at radius 3 is 1.96 bits per heavy atom. The second-order valence-corrected chi connectivity index (χ2v) is 5.73. The fraction of sp³-hybridized carbons (Fsp3) is 0.0625. The zero-order chi connectivity index (χ0) is 19.0. The molecule has 0 spiro atoms. The van der Waals surface area contributed by atoms with Crippen molar-refractivity contribution < 1.29 is 27.5 Å². The van der Waals surface area contributed by atoms with E-state index in [1.54, 1.807) is 24.3 Å². The molecule has 0 saturated heterocycles. The van der Waals surface area contributed by atoms with Crippen LogP contribution >= 0.6 is 11.8 Å². The molecule has 134 valence electrons. The number of ether oxygens (including phenoxy) is 1. The number of H-pyrrole nitrogens is 1. The topological polar surface area (TPSA) is 84.9 Å². The minimum absolute atomic E-state index is 0.127. The first-order valence-corrected chi connectivity index (χ1v) is 7.72. The average Bonchev–Trinajstić information content (AvgIpc) is 3.09. The van der Waals surface area contributed by atoms with E-state index in [2.05, 4.69) is 15.4 Å². The number of nitrogens with zero attached hydrogens (tertiary/aromatic N) is 2. The molecule has 0 aliphatic rings. The van der Waals surface area contributed by atoms with Gasteiger partial charge in [0.15, 0.2) is 0 Å². The van der Waals surface area contributed by atoms with E-state index in [-0.39, 0.29) is 22.8 Å². The van der Waals surface area contributed by atoms with Crippen molar-refractivity contribution in [2.45, 2.75) is 10.4 Å². The molecule has 10 heteroatoms. The summed E-state index contributed by atoms with van der Waals surface area (Å²) in [6.07, 6.45) is 1.70. The first-order chi connectivity index (χ1) is 12.4. The van der Waals surface area contributed by atoms with Gasteiger partial charge in [0.05, 0.1) is 0 Å². The van der Waals surface area contributed by atoms with Crippen LogP contribution in [-0.2, 0) is 9.59 Å². The molecule has 3 aromatic rings. The third-order valence-corrected chi connectivity index (χ3v) is 3.63. The highest BCUT2D eigenvalue weighted by Gasteiger charge is 2.28. The Balaban J connectivity index is 0.000000758. The molecule has 1 N–H and O–H groups in total. The predicted octanol–water partition coefficient (Wildman–Crippen LogP) is 4.29. The lowest BCUT2D eigenvalue weighted by Gasteiger charge is -2.07. The lowest BCUT2D eigenvalue weighted by atomic mass is 10.1. The number of aromatic nitrogens is 3. The van der Waals surface area contributed by atoms with Crippen molar-refractivity contribution in [1.29, 1.82) is 0 Å². The van der Waals surface area contributed by atoms with Crippen molar-refractivity contribution in [3.05, 3.63) is 54.7 Å². The highest BCUT2D eigenvalue weighted by molar-refractivity contribution is 8.00.